The molecule has 5 rings (SSSR count). The van der Waals surface area contributed by atoms with Crippen LogP contribution >= 0.6 is 0 Å². The minimum atomic E-state index is -0.218. The van der Waals surface area contributed by atoms with Crippen LogP contribution in [0.25, 0.3) is 11.3 Å². The van der Waals surface area contributed by atoms with Crippen molar-refractivity contribution < 1.29 is 9.90 Å². The summed E-state index contributed by atoms with van der Waals surface area (Å²) in [7, 11) is 0. The van der Waals surface area contributed by atoms with Gasteiger partial charge in [0.2, 0.25) is 0 Å². The summed E-state index contributed by atoms with van der Waals surface area (Å²) in [5, 5.41) is 11.7. The number of hydrogen-bond donors (Lipinski definition) is 2. The molecule has 1 amide bonds. The van der Waals surface area contributed by atoms with Gasteiger partial charge in [-0.1, -0.05) is 0 Å². The van der Waals surface area contributed by atoms with Crippen molar-refractivity contribution in [2.75, 3.05) is 54.0 Å². The van der Waals surface area contributed by atoms with Crippen LogP contribution in [0.2, 0.25) is 0 Å². The lowest BCUT2D eigenvalue weighted by Gasteiger charge is -2.42. The van der Waals surface area contributed by atoms with E-state index in [1.54, 1.807) is 6.20 Å². The van der Waals surface area contributed by atoms with Gasteiger partial charge in [0, 0.05) is 80.2 Å². The van der Waals surface area contributed by atoms with Crippen LogP contribution < -0.4 is 20.0 Å². The van der Waals surface area contributed by atoms with E-state index in [1.165, 1.54) is 18.5 Å². The van der Waals surface area contributed by atoms with Crippen LogP contribution in [0.3, 0.4) is 0 Å². The van der Waals surface area contributed by atoms with Gasteiger partial charge in [0.05, 0.1) is 17.9 Å². The second kappa shape index (κ2) is 11.6. The number of pyridine rings is 3. The smallest absolute Gasteiger partial charge is 0.252 e. The molecule has 3 aromatic heterocycles. The van der Waals surface area contributed by atoms with Gasteiger partial charge in [-0.25, -0.2) is 9.97 Å². The summed E-state index contributed by atoms with van der Waals surface area (Å²) in [6.07, 6.45) is 5.93. The number of anilines is 3. The lowest BCUT2D eigenvalue weighted by molar-refractivity contribution is 0.0944. The number of amides is 1. The molecule has 0 aliphatic carbocycles. The van der Waals surface area contributed by atoms with Gasteiger partial charge in [-0.05, 0) is 70.4 Å². The lowest BCUT2D eigenvalue weighted by atomic mass is 10.1. The number of carbonyl (C=O) groups is 1. The topological polar surface area (TPSA) is 97.7 Å². The van der Waals surface area contributed by atoms with Gasteiger partial charge in [-0.15, -0.1) is 0 Å². The molecule has 0 bridgehead atoms. The summed E-state index contributed by atoms with van der Waals surface area (Å²) in [6, 6.07) is 11.2. The fraction of sp³-hybridized carbons (Fsp3) is 0.467. The minimum Gasteiger partial charge on any atom is -0.395 e. The monoisotopic (exact) mass is 529 g/mol. The molecule has 5 heterocycles. The summed E-state index contributed by atoms with van der Waals surface area (Å²) >= 11 is 0. The van der Waals surface area contributed by atoms with Gasteiger partial charge >= 0.3 is 0 Å². The summed E-state index contributed by atoms with van der Waals surface area (Å²) in [5.74, 6) is 1.73. The molecule has 206 valence electrons. The Balaban J connectivity index is 1.38. The molecule has 0 radical (unpaired) electrons. The third-order valence-corrected chi connectivity index (χ3v) is 7.82. The Morgan fingerprint density at radius 1 is 1.03 bits per heavy atom. The van der Waals surface area contributed by atoms with E-state index in [1.807, 2.05) is 32.2 Å². The number of nitrogens with one attached hydrogen (secondary N) is 1. The molecular weight excluding hydrogens is 490 g/mol. The number of piperazine rings is 1. The molecule has 39 heavy (non-hydrogen) atoms. The lowest BCUT2D eigenvalue weighted by Crippen LogP contribution is -2.52. The Kier molecular flexibility index (Phi) is 7.97. The number of aryl methyl sites for hydroxylation is 2. The molecule has 9 heteroatoms. The van der Waals surface area contributed by atoms with Gasteiger partial charge in [0.25, 0.3) is 5.91 Å². The Morgan fingerprint density at radius 2 is 1.87 bits per heavy atom. The predicted molar refractivity (Wildman–Crippen MR) is 156 cm³/mol. The highest BCUT2D eigenvalue weighted by Crippen LogP contribution is 2.33. The second-order valence-corrected chi connectivity index (χ2v) is 10.8. The third kappa shape index (κ3) is 5.83. The Bertz CT molecular complexity index is 1310. The Labute approximate surface area is 230 Å². The van der Waals surface area contributed by atoms with Crippen LogP contribution in [0.15, 0.2) is 42.7 Å². The number of rotatable bonds is 7. The zero-order valence-corrected chi connectivity index (χ0v) is 23.4. The molecule has 2 aliphatic rings. The first-order valence-electron chi connectivity index (χ1n) is 13.9. The summed E-state index contributed by atoms with van der Waals surface area (Å²) in [6.45, 7) is 12.2. The van der Waals surface area contributed by atoms with E-state index >= 15 is 0 Å². The molecule has 1 unspecified atom stereocenters. The van der Waals surface area contributed by atoms with Crippen LogP contribution in [0, 0.1) is 13.8 Å². The maximum absolute atomic E-state index is 12.3. The van der Waals surface area contributed by atoms with Crippen molar-refractivity contribution in [3.63, 3.8) is 0 Å². The Hall–Kier alpha value is -3.72. The molecule has 9 nitrogen and oxygen atoms in total. The van der Waals surface area contributed by atoms with Crippen molar-refractivity contribution in [3.8, 4) is 11.3 Å². The average molecular weight is 530 g/mol. The third-order valence-electron chi connectivity index (χ3n) is 7.82. The summed E-state index contributed by atoms with van der Waals surface area (Å²) in [5.41, 5.74) is 5.64. The summed E-state index contributed by atoms with van der Waals surface area (Å²) in [4.78, 5) is 33.8. The average Bonchev–Trinajstić information content (AvgIpc) is 3.37. The number of hydrogen-bond acceptors (Lipinski definition) is 8. The first-order valence-corrected chi connectivity index (χ1v) is 13.9. The first kappa shape index (κ1) is 26.9. The van der Waals surface area contributed by atoms with E-state index in [0.29, 0.717) is 11.6 Å². The molecular formula is C30H39N7O2. The van der Waals surface area contributed by atoms with Gasteiger partial charge in [-0.3, -0.25) is 9.78 Å². The Morgan fingerprint density at radius 3 is 2.54 bits per heavy atom. The fourth-order valence-electron chi connectivity index (χ4n) is 5.68. The second-order valence-electron chi connectivity index (χ2n) is 10.8. The van der Waals surface area contributed by atoms with E-state index < -0.39 is 0 Å². The molecule has 2 aliphatic heterocycles. The zero-order chi connectivity index (χ0) is 27.5. The zero-order valence-electron chi connectivity index (χ0n) is 23.4. The number of aliphatic hydroxyl groups excluding tert-OH is 1. The van der Waals surface area contributed by atoms with Crippen LogP contribution in [-0.2, 0) is 0 Å². The first-order chi connectivity index (χ1) is 18.8. The highest BCUT2D eigenvalue weighted by molar-refractivity contribution is 5.94. The highest BCUT2D eigenvalue weighted by atomic mass is 16.3. The number of nitrogens with zero attached hydrogens (tertiary/aromatic N) is 6. The largest absolute Gasteiger partial charge is 0.395 e. The van der Waals surface area contributed by atoms with E-state index in [4.69, 9.17) is 10.1 Å². The van der Waals surface area contributed by atoms with Crippen molar-refractivity contribution in [1.29, 1.82) is 0 Å². The molecule has 2 atom stereocenters. The van der Waals surface area contributed by atoms with Crippen LogP contribution in [-0.4, -0.2) is 77.4 Å². The maximum Gasteiger partial charge on any atom is 0.252 e. The minimum absolute atomic E-state index is 0.0855. The van der Waals surface area contributed by atoms with Crippen LogP contribution in [0.4, 0.5) is 17.3 Å². The van der Waals surface area contributed by atoms with Crippen molar-refractivity contribution in [1.82, 2.24) is 20.3 Å². The van der Waals surface area contributed by atoms with Gasteiger partial charge in [0.1, 0.15) is 11.6 Å². The molecule has 2 saturated heterocycles. The molecule has 2 N–H and O–H groups in total. The number of aromatic nitrogens is 3. The van der Waals surface area contributed by atoms with Crippen LogP contribution in [0.1, 0.15) is 48.3 Å². The standard InChI is InChI=1S/C30H39N7O2/c1-20-14-25(30(39)31-9-13-38)18-33-29(20)35-11-12-36(23(4)19-35)26-15-27(24-8-7-21(2)32-17-24)34-28(16-26)37-10-5-6-22(37)3/h7-8,14-18,22-23,38H,5-6,9-13,19H2,1-4H3,(H,31,39)/t22?,23-/m1/s1. The van der Waals surface area contributed by atoms with Crippen molar-refractivity contribution >= 4 is 23.2 Å². The van der Waals surface area contributed by atoms with Gasteiger partial charge in [-0.2, -0.15) is 0 Å². The SMILES string of the molecule is Cc1ccc(-c2cc(N3CCN(c4ncc(C(=O)NCCO)cc4C)C[C@H]3C)cc(N3CCCC3C)n2)cn1. The van der Waals surface area contributed by atoms with E-state index in [-0.39, 0.29) is 25.1 Å². The molecule has 3 aromatic rings. The maximum atomic E-state index is 12.3. The normalized spacial score (nSPS) is 19.5. The van der Waals surface area contributed by atoms with Crippen molar-refractivity contribution in [2.45, 2.75) is 52.6 Å². The molecule has 0 spiro atoms. The van der Waals surface area contributed by atoms with Crippen molar-refractivity contribution in [2.24, 2.45) is 0 Å². The predicted octanol–water partition coefficient (Wildman–Crippen LogP) is 3.58. The van der Waals surface area contributed by atoms with E-state index in [0.717, 1.165) is 60.3 Å². The van der Waals surface area contributed by atoms with E-state index in [9.17, 15) is 4.79 Å². The highest BCUT2D eigenvalue weighted by Gasteiger charge is 2.28. The van der Waals surface area contributed by atoms with Gasteiger partial charge in [0.15, 0.2) is 0 Å². The number of aliphatic hydroxyl groups is 1. The molecule has 0 aromatic carbocycles. The van der Waals surface area contributed by atoms with Crippen molar-refractivity contribution in [3.05, 3.63) is 59.5 Å². The summed E-state index contributed by atoms with van der Waals surface area (Å²) < 4.78 is 0. The fourth-order valence-corrected chi connectivity index (χ4v) is 5.68. The van der Waals surface area contributed by atoms with Gasteiger partial charge < -0.3 is 25.1 Å². The molecule has 0 saturated carbocycles. The molecule has 2 fully saturated rings. The van der Waals surface area contributed by atoms with Crippen LogP contribution in [0.5, 0.6) is 0 Å². The van der Waals surface area contributed by atoms with E-state index in [2.05, 4.69) is 62.0 Å². The quantitative estimate of drug-likeness (QED) is 0.479. The number of carbonyl (C=O) groups excluding carboxylic acids is 1.